The zero-order chi connectivity index (χ0) is 13.7. The van der Waals surface area contributed by atoms with Crippen LogP contribution in [-0.2, 0) is 4.74 Å². The average Bonchev–Trinajstić information content (AvgIpc) is 2.35. The van der Waals surface area contributed by atoms with Gasteiger partial charge in [0.25, 0.3) is 0 Å². The second kappa shape index (κ2) is 7.61. The highest BCUT2D eigenvalue weighted by molar-refractivity contribution is 4.79. The summed E-state index contributed by atoms with van der Waals surface area (Å²) in [6, 6.07) is 1.47. The van der Waals surface area contributed by atoms with Gasteiger partial charge in [-0.3, -0.25) is 0 Å². The molecule has 2 heterocycles. The van der Waals surface area contributed by atoms with Gasteiger partial charge in [0.2, 0.25) is 0 Å². The lowest BCUT2D eigenvalue weighted by Gasteiger charge is -2.34. The fourth-order valence-electron chi connectivity index (χ4n) is 3.65. The number of hydrogen-bond donors (Lipinski definition) is 1. The second-order valence-corrected chi connectivity index (χ2v) is 6.61. The third-order valence-corrected chi connectivity index (χ3v) is 4.69. The van der Waals surface area contributed by atoms with Crippen molar-refractivity contribution in [2.45, 2.75) is 83.6 Å². The summed E-state index contributed by atoms with van der Waals surface area (Å²) in [7, 11) is 0. The molecule has 3 heteroatoms. The molecule has 3 unspecified atom stereocenters. The van der Waals surface area contributed by atoms with Gasteiger partial charge >= 0.3 is 0 Å². The summed E-state index contributed by atoms with van der Waals surface area (Å²) in [5.74, 6) is 0. The van der Waals surface area contributed by atoms with Gasteiger partial charge in [-0.2, -0.15) is 0 Å². The Hall–Kier alpha value is -0.120. The SMILES string of the molecule is CC1CC(NCCCN2CCCCC2C)CC(C)O1. The maximum atomic E-state index is 5.78. The molecular formula is C16H32N2O. The highest BCUT2D eigenvalue weighted by Gasteiger charge is 2.24. The molecule has 0 radical (unpaired) electrons. The lowest BCUT2D eigenvalue weighted by atomic mass is 10.00. The van der Waals surface area contributed by atoms with Crippen LogP contribution in [-0.4, -0.2) is 48.8 Å². The first-order valence-corrected chi connectivity index (χ1v) is 8.28. The van der Waals surface area contributed by atoms with E-state index in [0.29, 0.717) is 18.2 Å². The molecule has 3 atom stereocenters. The predicted octanol–water partition coefficient (Wildman–Crippen LogP) is 2.80. The highest BCUT2D eigenvalue weighted by Crippen LogP contribution is 2.19. The Labute approximate surface area is 119 Å². The molecule has 0 aromatic heterocycles. The van der Waals surface area contributed by atoms with Crippen molar-refractivity contribution in [3.05, 3.63) is 0 Å². The van der Waals surface area contributed by atoms with E-state index in [1.807, 2.05) is 0 Å². The van der Waals surface area contributed by atoms with E-state index < -0.39 is 0 Å². The van der Waals surface area contributed by atoms with Gasteiger partial charge in [0.1, 0.15) is 0 Å². The third-order valence-electron chi connectivity index (χ3n) is 4.69. The molecular weight excluding hydrogens is 236 g/mol. The summed E-state index contributed by atoms with van der Waals surface area (Å²) in [4.78, 5) is 2.67. The zero-order valence-corrected chi connectivity index (χ0v) is 13.0. The predicted molar refractivity (Wildman–Crippen MR) is 80.5 cm³/mol. The molecule has 0 saturated carbocycles. The molecule has 0 aromatic rings. The zero-order valence-electron chi connectivity index (χ0n) is 13.0. The fourth-order valence-corrected chi connectivity index (χ4v) is 3.65. The molecule has 3 nitrogen and oxygen atoms in total. The van der Waals surface area contributed by atoms with Crippen molar-refractivity contribution >= 4 is 0 Å². The van der Waals surface area contributed by atoms with Gasteiger partial charge in [-0.25, -0.2) is 0 Å². The Morgan fingerprint density at radius 3 is 2.53 bits per heavy atom. The van der Waals surface area contributed by atoms with Crippen molar-refractivity contribution in [1.82, 2.24) is 10.2 Å². The molecule has 2 rings (SSSR count). The van der Waals surface area contributed by atoms with E-state index in [1.165, 1.54) is 51.6 Å². The molecule has 2 fully saturated rings. The lowest BCUT2D eigenvalue weighted by molar-refractivity contribution is -0.0420. The fraction of sp³-hybridized carbons (Fsp3) is 1.00. The first kappa shape index (κ1) is 15.3. The minimum absolute atomic E-state index is 0.420. The summed E-state index contributed by atoms with van der Waals surface area (Å²) in [5.41, 5.74) is 0. The quantitative estimate of drug-likeness (QED) is 0.776. The monoisotopic (exact) mass is 268 g/mol. The minimum Gasteiger partial charge on any atom is -0.375 e. The van der Waals surface area contributed by atoms with Crippen LogP contribution in [0.4, 0.5) is 0 Å². The van der Waals surface area contributed by atoms with Crippen molar-refractivity contribution in [3.8, 4) is 0 Å². The molecule has 19 heavy (non-hydrogen) atoms. The molecule has 0 aliphatic carbocycles. The Bertz CT molecular complexity index is 249. The van der Waals surface area contributed by atoms with Gasteiger partial charge in [0, 0.05) is 12.1 Å². The number of piperidine rings is 1. The van der Waals surface area contributed by atoms with E-state index in [-0.39, 0.29) is 0 Å². The maximum Gasteiger partial charge on any atom is 0.0565 e. The molecule has 112 valence electrons. The van der Waals surface area contributed by atoms with Crippen molar-refractivity contribution in [1.29, 1.82) is 0 Å². The van der Waals surface area contributed by atoms with Crippen molar-refractivity contribution in [2.24, 2.45) is 0 Å². The van der Waals surface area contributed by atoms with Gasteiger partial charge in [0.05, 0.1) is 12.2 Å². The molecule has 1 N–H and O–H groups in total. The van der Waals surface area contributed by atoms with E-state index >= 15 is 0 Å². The van der Waals surface area contributed by atoms with Gasteiger partial charge in [-0.05, 0) is 72.5 Å². The Balaban J connectivity index is 1.58. The van der Waals surface area contributed by atoms with E-state index in [2.05, 4.69) is 31.0 Å². The summed E-state index contributed by atoms with van der Waals surface area (Å²) in [6.07, 6.45) is 8.68. The standard InChI is InChI=1S/C16H32N2O/c1-13-7-4-5-9-18(13)10-6-8-17-16-11-14(2)19-15(3)12-16/h13-17H,4-12H2,1-3H3. The number of nitrogens with zero attached hydrogens (tertiary/aromatic N) is 1. The minimum atomic E-state index is 0.420. The van der Waals surface area contributed by atoms with E-state index in [0.717, 1.165) is 12.6 Å². The van der Waals surface area contributed by atoms with Crippen molar-refractivity contribution < 1.29 is 4.74 Å². The van der Waals surface area contributed by atoms with Crippen LogP contribution in [0.2, 0.25) is 0 Å². The van der Waals surface area contributed by atoms with Crippen LogP contribution in [0.5, 0.6) is 0 Å². The number of rotatable bonds is 5. The Kier molecular flexibility index (Phi) is 6.11. The Morgan fingerprint density at radius 1 is 1.11 bits per heavy atom. The van der Waals surface area contributed by atoms with Crippen LogP contribution in [0.3, 0.4) is 0 Å². The van der Waals surface area contributed by atoms with Crippen LogP contribution in [0.25, 0.3) is 0 Å². The molecule has 2 aliphatic heterocycles. The van der Waals surface area contributed by atoms with Gasteiger partial charge < -0.3 is 15.0 Å². The largest absolute Gasteiger partial charge is 0.375 e. The van der Waals surface area contributed by atoms with Crippen LogP contribution in [0.1, 0.15) is 59.3 Å². The van der Waals surface area contributed by atoms with Crippen molar-refractivity contribution in [3.63, 3.8) is 0 Å². The molecule has 2 saturated heterocycles. The molecule has 0 spiro atoms. The van der Waals surface area contributed by atoms with Gasteiger partial charge in [-0.1, -0.05) is 6.42 Å². The molecule has 0 amide bonds. The van der Waals surface area contributed by atoms with Gasteiger partial charge in [0.15, 0.2) is 0 Å². The Morgan fingerprint density at radius 2 is 1.84 bits per heavy atom. The number of nitrogens with one attached hydrogen (secondary N) is 1. The molecule has 0 bridgehead atoms. The maximum absolute atomic E-state index is 5.78. The number of likely N-dealkylation sites (tertiary alicyclic amines) is 1. The van der Waals surface area contributed by atoms with Gasteiger partial charge in [-0.15, -0.1) is 0 Å². The third kappa shape index (κ3) is 5.05. The summed E-state index contributed by atoms with van der Waals surface area (Å²) in [5, 5.41) is 3.73. The first-order valence-electron chi connectivity index (χ1n) is 8.28. The number of ether oxygens (including phenoxy) is 1. The van der Waals surface area contributed by atoms with E-state index in [9.17, 15) is 0 Å². The average molecular weight is 268 g/mol. The van der Waals surface area contributed by atoms with E-state index in [1.54, 1.807) is 0 Å². The van der Waals surface area contributed by atoms with Crippen LogP contribution in [0, 0.1) is 0 Å². The number of hydrogen-bond acceptors (Lipinski definition) is 3. The van der Waals surface area contributed by atoms with Crippen molar-refractivity contribution in [2.75, 3.05) is 19.6 Å². The molecule has 2 aliphatic rings. The smallest absolute Gasteiger partial charge is 0.0565 e. The second-order valence-electron chi connectivity index (χ2n) is 6.61. The topological polar surface area (TPSA) is 24.5 Å². The summed E-state index contributed by atoms with van der Waals surface area (Å²) >= 11 is 0. The van der Waals surface area contributed by atoms with Crippen LogP contribution in [0.15, 0.2) is 0 Å². The molecule has 0 aromatic carbocycles. The summed E-state index contributed by atoms with van der Waals surface area (Å²) in [6.45, 7) is 10.5. The highest BCUT2D eigenvalue weighted by atomic mass is 16.5. The van der Waals surface area contributed by atoms with Crippen LogP contribution < -0.4 is 5.32 Å². The van der Waals surface area contributed by atoms with E-state index in [4.69, 9.17) is 4.74 Å². The lowest BCUT2D eigenvalue weighted by Crippen LogP contribution is -2.43. The van der Waals surface area contributed by atoms with Crippen LogP contribution >= 0.6 is 0 Å². The first-order chi connectivity index (χ1) is 9.15. The normalized spacial score (nSPS) is 37.4. The summed E-state index contributed by atoms with van der Waals surface area (Å²) < 4.78 is 5.78.